The zero-order valence-electron chi connectivity index (χ0n) is 14.7. The summed E-state index contributed by atoms with van der Waals surface area (Å²) in [6, 6.07) is 0.507. The maximum atomic E-state index is 5.47. The summed E-state index contributed by atoms with van der Waals surface area (Å²) >= 11 is 0. The number of aromatic nitrogens is 2. The number of rotatable bonds is 9. The summed E-state index contributed by atoms with van der Waals surface area (Å²) in [6.45, 7) is 13.3. The van der Waals surface area contributed by atoms with Crippen LogP contribution in [0.3, 0.4) is 0 Å². The fraction of sp³-hybridized carbons (Fsp3) is 0.824. The minimum absolute atomic E-state index is 0.262. The first-order chi connectivity index (χ1) is 9.93. The van der Waals surface area contributed by atoms with Crippen molar-refractivity contribution in [1.29, 1.82) is 0 Å². The van der Waals surface area contributed by atoms with Crippen molar-refractivity contribution in [2.24, 2.45) is 5.41 Å². The Morgan fingerprint density at radius 3 is 2.52 bits per heavy atom. The van der Waals surface area contributed by atoms with Gasteiger partial charge in [0.25, 0.3) is 0 Å². The molecule has 0 bridgehead atoms. The van der Waals surface area contributed by atoms with Crippen LogP contribution in [0.25, 0.3) is 0 Å². The van der Waals surface area contributed by atoms with E-state index in [2.05, 4.69) is 49.7 Å². The van der Waals surface area contributed by atoms with E-state index in [1.54, 1.807) is 7.11 Å². The first-order valence-electron chi connectivity index (χ1n) is 8.26. The Labute approximate surface area is 130 Å². The van der Waals surface area contributed by atoms with E-state index in [1.165, 1.54) is 12.1 Å². The quantitative estimate of drug-likeness (QED) is 0.756. The van der Waals surface area contributed by atoms with Crippen LogP contribution in [0.5, 0.6) is 5.75 Å². The molecule has 0 radical (unpaired) electrons. The lowest BCUT2D eigenvalue weighted by atomic mass is 9.83. The molecule has 21 heavy (non-hydrogen) atoms. The molecule has 1 aromatic heterocycles. The molecule has 4 heteroatoms. The molecule has 1 aromatic rings. The van der Waals surface area contributed by atoms with E-state index < -0.39 is 0 Å². The fourth-order valence-electron chi connectivity index (χ4n) is 2.66. The van der Waals surface area contributed by atoms with Crippen LogP contribution in [0.15, 0.2) is 6.20 Å². The molecule has 0 aliphatic carbocycles. The first kappa shape index (κ1) is 18.0. The van der Waals surface area contributed by atoms with E-state index in [1.807, 2.05) is 6.20 Å². The molecule has 1 unspecified atom stereocenters. The molecule has 0 amide bonds. The number of ether oxygens (including phenoxy) is 1. The molecule has 1 heterocycles. The molecule has 0 spiro atoms. The predicted molar refractivity (Wildman–Crippen MR) is 88.9 cm³/mol. The SMILES string of the molecule is CCCNC(CCc1c(OC)cnn1CCC)C(C)(C)C. The third-order valence-electron chi connectivity index (χ3n) is 3.92. The first-order valence-corrected chi connectivity index (χ1v) is 8.26. The monoisotopic (exact) mass is 295 g/mol. The molecule has 1 atom stereocenters. The maximum Gasteiger partial charge on any atom is 0.159 e. The van der Waals surface area contributed by atoms with Gasteiger partial charge in [0.15, 0.2) is 5.75 Å². The van der Waals surface area contributed by atoms with Gasteiger partial charge in [-0.1, -0.05) is 34.6 Å². The summed E-state index contributed by atoms with van der Waals surface area (Å²) in [5.74, 6) is 0.923. The predicted octanol–water partition coefficient (Wildman–Crippen LogP) is 3.65. The molecule has 0 aromatic carbocycles. The third kappa shape index (κ3) is 5.34. The third-order valence-corrected chi connectivity index (χ3v) is 3.92. The van der Waals surface area contributed by atoms with Crippen LogP contribution in [-0.4, -0.2) is 29.5 Å². The molecule has 0 aliphatic rings. The fourth-order valence-corrected chi connectivity index (χ4v) is 2.66. The summed E-state index contributed by atoms with van der Waals surface area (Å²) in [4.78, 5) is 0. The Kier molecular flexibility index (Phi) is 7.23. The van der Waals surface area contributed by atoms with Gasteiger partial charge >= 0.3 is 0 Å². The summed E-state index contributed by atoms with van der Waals surface area (Å²) in [5, 5.41) is 8.14. The molecule has 0 saturated carbocycles. The van der Waals surface area contributed by atoms with Crippen LogP contribution in [0.1, 0.15) is 59.6 Å². The lowest BCUT2D eigenvalue weighted by Crippen LogP contribution is -2.41. The minimum Gasteiger partial charge on any atom is -0.493 e. The Morgan fingerprint density at radius 1 is 1.29 bits per heavy atom. The number of nitrogens with zero attached hydrogens (tertiary/aromatic N) is 2. The minimum atomic E-state index is 0.262. The van der Waals surface area contributed by atoms with Crippen molar-refractivity contribution in [3.63, 3.8) is 0 Å². The summed E-state index contributed by atoms with van der Waals surface area (Å²) < 4.78 is 7.56. The van der Waals surface area contributed by atoms with Crippen molar-refractivity contribution in [2.45, 2.75) is 72.9 Å². The number of aryl methyl sites for hydroxylation is 1. The van der Waals surface area contributed by atoms with E-state index in [-0.39, 0.29) is 5.41 Å². The van der Waals surface area contributed by atoms with Gasteiger partial charge in [0, 0.05) is 12.6 Å². The highest BCUT2D eigenvalue weighted by atomic mass is 16.5. The normalized spacial score (nSPS) is 13.4. The van der Waals surface area contributed by atoms with Crippen LogP contribution in [0.4, 0.5) is 0 Å². The molecule has 1 N–H and O–H groups in total. The molecule has 1 rings (SSSR count). The van der Waals surface area contributed by atoms with Gasteiger partial charge in [-0.3, -0.25) is 4.68 Å². The maximum absolute atomic E-state index is 5.47. The average molecular weight is 295 g/mol. The Bertz CT molecular complexity index is 407. The van der Waals surface area contributed by atoms with Crippen molar-refractivity contribution in [2.75, 3.05) is 13.7 Å². The van der Waals surface area contributed by atoms with Gasteiger partial charge in [0.05, 0.1) is 19.0 Å². The Morgan fingerprint density at radius 2 is 2.00 bits per heavy atom. The standard InChI is InChI=1S/C17H33N3O/c1-7-11-18-16(17(3,4)5)10-9-14-15(21-6)13-19-20(14)12-8-2/h13,16,18H,7-12H2,1-6H3. The zero-order valence-corrected chi connectivity index (χ0v) is 14.7. The summed E-state index contributed by atoms with van der Waals surface area (Å²) in [5.41, 5.74) is 1.49. The van der Waals surface area contributed by atoms with Gasteiger partial charge in [0.1, 0.15) is 0 Å². The zero-order chi connectivity index (χ0) is 15.9. The van der Waals surface area contributed by atoms with Crippen LogP contribution in [0.2, 0.25) is 0 Å². The van der Waals surface area contributed by atoms with Gasteiger partial charge in [-0.2, -0.15) is 5.10 Å². The van der Waals surface area contributed by atoms with Crippen molar-refractivity contribution >= 4 is 0 Å². The van der Waals surface area contributed by atoms with Crippen molar-refractivity contribution in [3.05, 3.63) is 11.9 Å². The van der Waals surface area contributed by atoms with Gasteiger partial charge in [-0.05, 0) is 37.6 Å². The van der Waals surface area contributed by atoms with E-state index >= 15 is 0 Å². The summed E-state index contributed by atoms with van der Waals surface area (Å²) in [7, 11) is 1.73. The van der Waals surface area contributed by atoms with Crippen LogP contribution in [0, 0.1) is 5.41 Å². The van der Waals surface area contributed by atoms with Crippen molar-refractivity contribution in [1.82, 2.24) is 15.1 Å². The second-order valence-electron chi connectivity index (χ2n) is 6.79. The van der Waals surface area contributed by atoms with Crippen LogP contribution < -0.4 is 10.1 Å². The van der Waals surface area contributed by atoms with Crippen LogP contribution in [-0.2, 0) is 13.0 Å². The van der Waals surface area contributed by atoms with E-state index in [0.717, 1.165) is 38.1 Å². The van der Waals surface area contributed by atoms with Crippen molar-refractivity contribution in [3.8, 4) is 5.75 Å². The Balaban J connectivity index is 2.76. The lowest BCUT2D eigenvalue weighted by Gasteiger charge is -2.32. The average Bonchev–Trinajstić information content (AvgIpc) is 2.80. The molecule has 122 valence electrons. The van der Waals surface area contributed by atoms with E-state index in [4.69, 9.17) is 4.74 Å². The number of hydrogen-bond donors (Lipinski definition) is 1. The lowest BCUT2D eigenvalue weighted by molar-refractivity contribution is 0.253. The summed E-state index contributed by atoms with van der Waals surface area (Å²) in [6.07, 6.45) is 6.21. The van der Waals surface area contributed by atoms with Gasteiger partial charge in [-0.15, -0.1) is 0 Å². The molecule has 0 aliphatic heterocycles. The number of methoxy groups -OCH3 is 1. The highest BCUT2D eigenvalue weighted by Crippen LogP contribution is 2.26. The molecule has 0 fully saturated rings. The van der Waals surface area contributed by atoms with Gasteiger partial charge in [0.2, 0.25) is 0 Å². The number of hydrogen-bond acceptors (Lipinski definition) is 3. The molecule has 4 nitrogen and oxygen atoms in total. The highest BCUT2D eigenvalue weighted by Gasteiger charge is 2.24. The van der Waals surface area contributed by atoms with Gasteiger partial charge in [-0.25, -0.2) is 0 Å². The highest BCUT2D eigenvalue weighted by molar-refractivity contribution is 5.25. The van der Waals surface area contributed by atoms with Gasteiger partial charge < -0.3 is 10.1 Å². The number of nitrogens with one attached hydrogen (secondary N) is 1. The second-order valence-corrected chi connectivity index (χ2v) is 6.79. The van der Waals surface area contributed by atoms with Crippen molar-refractivity contribution < 1.29 is 4.74 Å². The Hall–Kier alpha value is -1.03. The largest absolute Gasteiger partial charge is 0.493 e. The molecular weight excluding hydrogens is 262 g/mol. The second kappa shape index (κ2) is 8.42. The van der Waals surface area contributed by atoms with E-state index in [0.29, 0.717) is 6.04 Å². The topological polar surface area (TPSA) is 39.1 Å². The molecule has 0 saturated heterocycles. The van der Waals surface area contributed by atoms with Crippen LogP contribution >= 0.6 is 0 Å². The van der Waals surface area contributed by atoms with E-state index in [9.17, 15) is 0 Å². The smallest absolute Gasteiger partial charge is 0.159 e. The molecular formula is C17H33N3O.